The van der Waals surface area contributed by atoms with Crippen LogP contribution in [-0.4, -0.2) is 42.6 Å². The van der Waals surface area contributed by atoms with E-state index in [4.69, 9.17) is 24.1 Å². The summed E-state index contributed by atoms with van der Waals surface area (Å²) in [5.74, 6) is 1.29. The van der Waals surface area contributed by atoms with Crippen LogP contribution in [0.1, 0.15) is 17.5 Å². The van der Waals surface area contributed by atoms with Gasteiger partial charge in [0.25, 0.3) is 5.66 Å². The van der Waals surface area contributed by atoms with Gasteiger partial charge in [0.1, 0.15) is 17.2 Å². The molecule has 0 heterocycles. The van der Waals surface area contributed by atoms with Crippen LogP contribution in [0.4, 0.5) is 8.78 Å². The summed E-state index contributed by atoms with van der Waals surface area (Å²) >= 11 is 0. The lowest BCUT2D eigenvalue weighted by Crippen LogP contribution is -2.21. The molecule has 2 atom stereocenters. The zero-order chi connectivity index (χ0) is 26.1. The summed E-state index contributed by atoms with van der Waals surface area (Å²) in [5, 5.41) is 18.3. The minimum atomic E-state index is -2.98. The zero-order valence-corrected chi connectivity index (χ0v) is 20.7. The Bertz CT molecular complexity index is 1130. The molecule has 7 nitrogen and oxygen atoms in total. The number of aliphatic hydroxyl groups excluding tert-OH is 1. The highest BCUT2D eigenvalue weighted by atomic mass is 31.0. The lowest BCUT2D eigenvalue weighted by Gasteiger charge is -2.13. The molecule has 0 saturated heterocycles. The summed E-state index contributed by atoms with van der Waals surface area (Å²) < 4.78 is 49.0. The summed E-state index contributed by atoms with van der Waals surface area (Å²) in [6, 6.07) is 17.5. The minimum Gasteiger partial charge on any atom is -0.493 e. The fourth-order valence-electron chi connectivity index (χ4n) is 3.19. The van der Waals surface area contributed by atoms with Crippen molar-refractivity contribution in [3.63, 3.8) is 0 Å². The Morgan fingerprint density at radius 3 is 2.08 bits per heavy atom. The van der Waals surface area contributed by atoms with E-state index in [2.05, 4.69) is 0 Å². The molecule has 2 N–H and O–H groups in total. The fourth-order valence-corrected chi connectivity index (χ4v) is 3.38. The second-order valence-electron chi connectivity index (χ2n) is 7.81. The summed E-state index contributed by atoms with van der Waals surface area (Å²) in [7, 11) is 2.98. The molecule has 0 aliphatic rings. The van der Waals surface area contributed by atoms with Crippen LogP contribution in [-0.2, 0) is 16.9 Å². The van der Waals surface area contributed by atoms with Gasteiger partial charge in [-0.05, 0) is 66.2 Å². The average Bonchev–Trinajstić information content (AvgIpc) is 2.85. The van der Waals surface area contributed by atoms with E-state index in [0.29, 0.717) is 53.9 Å². The molecule has 0 bridgehead atoms. The highest BCUT2D eigenvalue weighted by Gasteiger charge is 2.24. The Balaban J connectivity index is 1.42. The number of rotatable bonds is 13. The Morgan fingerprint density at radius 2 is 1.50 bits per heavy atom. The summed E-state index contributed by atoms with van der Waals surface area (Å²) in [5.41, 5.74) is -2.48. The second-order valence-corrected chi connectivity index (χ2v) is 8.54. The van der Waals surface area contributed by atoms with Gasteiger partial charge in [0.2, 0.25) is 0 Å². The van der Waals surface area contributed by atoms with Crippen LogP contribution >= 0.6 is 9.24 Å². The highest BCUT2D eigenvalue weighted by Crippen LogP contribution is 2.36. The highest BCUT2D eigenvalue weighted by molar-refractivity contribution is 7.17. The number of hydrogen-bond acceptors (Lipinski definition) is 6. The van der Waals surface area contributed by atoms with E-state index in [0.717, 1.165) is 0 Å². The molecule has 0 saturated carbocycles. The molecule has 3 rings (SSSR count). The average molecular weight is 520 g/mol. The third kappa shape index (κ3) is 8.07. The number of methoxy groups -OCH3 is 1. The van der Waals surface area contributed by atoms with E-state index in [1.807, 2.05) is 0 Å². The summed E-state index contributed by atoms with van der Waals surface area (Å²) in [6.07, 6.45) is -0.928. The maximum atomic E-state index is 13.3. The number of hydrogen-bond donors (Lipinski definition) is 2. The molecule has 0 spiro atoms. The number of carboxylic acids is 1. The molecule has 0 aliphatic carbocycles. The first-order valence-electron chi connectivity index (χ1n) is 11.0. The topological polar surface area (TPSA) is 94.5 Å². The monoisotopic (exact) mass is 520 g/mol. The van der Waals surface area contributed by atoms with E-state index in [9.17, 15) is 18.7 Å². The van der Waals surface area contributed by atoms with E-state index in [-0.39, 0.29) is 12.0 Å². The molecule has 3 aromatic carbocycles. The van der Waals surface area contributed by atoms with Crippen LogP contribution in [0, 0.1) is 0 Å². The standard InChI is InChI=1S/C26H27F2O7P/c1-32-24-16-17(15-22(29)25(30)31)3-12-23(24)34-14-2-13-33-19-8-10-21(11-9-19)35-20-6-4-18(5-7-20)26(27,28)36/h3-12,16,22,29H,2,13-15,36H2,1H3,(H,30,31). The van der Waals surface area contributed by atoms with Gasteiger partial charge in [0.15, 0.2) is 17.6 Å². The van der Waals surface area contributed by atoms with Crippen LogP contribution in [0.5, 0.6) is 28.7 Å². The first-order valence-corrected chi connectivity index (χ1v) is 11.6. The molecule has 10 heteroatoms. The van der Waals surface area contributed by atoms with Crippen LogP contribution in [0.15, 0.2) is 66.7 Å². The van der Waals surface area contributed by atoms with Crippen molar-refractivity contribution in [1.82, 2.24) is 0 Å². The van der Waals surface area contributed by atoms with Gasteiger partial charge in [0, 0.05) is 18.4 Å². The minimum absolute atomic E-state index is 0.0348. The molecule has 0 aliphatic heterocycles. The molecule has 0 amide bonds. The normalized spacial score (nSPS) is 12.0. The van der Waals surface area contributed by atoms with Crippen molar-refractivity contribution in [2.75, 3.05) is 20.3 Å². The van der Waals surface area contributed by atoms with Gasteiger partial charge < -0.3 is 29.2 Å². The van der Waals surface area contributed by atoms with Crippen LogP contribution in [0.25, 0.3) is 0 Å². The molecule has 0 radical (unpaired) electrons. The molecule has 192 valence electrons. The Kier molecular flexibility index (Phi) is 9.44. The van der Waals surface area contributed by atoms with Gasteiger partial charge in [-0.2, -0.15) is 8.78 Å². The molecule has 3 aromatic rings. The van der Waals surface area contributed by atoms with Gasteiger partial charge in [-0.25, -0.2) is 4.79 Å². The first kappa shape index (κ1) is 27.2. The third-order valence-electron chi connectivity index (χ3n) is 5.06. The smallest absolute Gasteiger partial charge is 0.332 e. The number of halogens is 2. The van der Waals surface area contributed by atoms with Crippen molar-refractivity contribution < 1.29 is 42.7 Å². The van der Waals surface area contributed by atoms with Crippen molar-refractivity contribution in [3.05, 3.63) is 77.9 Å². The number of aliphatic carboxylic acids is 1. The second kappa shape index (κ2) is 12.5. The number of carboxylic acid groups (broad SMARTS) is 1. The van der Waals surface area contributed by atoms with Crippen molar-refractivity contribution in [1.29, 1.82) is 0 Å². The van der Waals surface area contributed by atoms with E-state index < -0.39 is 17.7 Å². The fraction of sp³-hybridized carbons (Fsp3) is 0.269. The predicted molar refractivity (Wildman–Crippen MR) is 133 cm³/mol. The van der Waals surface area contributed by atoms with Gasteiger partial charge >= 0.3 is 5.97 Å². The van der Waals surface area contributed by atoms with Gasteiger partial charge in [-0.3, -0.25) is 0 Å². The van der Waals surface area contributed by atoms with Crippen molar-refractivity contribution >= 4 is 15.2 Å². The molecule has 36 heavy (non-hydrogen) atoms. The van der Waals surface area contributed by atoms with Crippen LogP contribution in [0.2, 0.25) is 0 Å². The molecule has 2 unspecified atom stereocenters. The maximum Gasteiger partial charge on any atom is 0.332 e. The summed E-state index contributed by atoms with van der Waals surface area (Å²) in [4.78, 5) is 10.8. The first-order chi connectivity index (χ1) is 17.2. The van der Waals surface area contributed by atoms with Gasteiger partial charge in [0.05, 0.1) is 20.3 Å². The van der Waals surface area contributed by atoms with Crippen LogP contribution in [0.3, 0.4) is 0 Å². The third-order valence-corrected chi connectivity index (χ3v) is 5.39. The Labute approximate surface area is 209 Å². The Hall–Kier alpha value is -3.42. The quantitative estimate of drug-likeness (QED) is 0.235. The number of aliphatic hydroxyl groups is 1. The lowest BCUT2D eigenvalue weighted by atomic mass is 10.1. The molecule has 0 aromatic heterocycles. The van der Waals surface area contributed by atoms with Crippen LogP contribution < -0.4 is 18.9 Å². The molecular formula is C26H27F2O7P. The lowest BCUT2D eigenvalue weighted by molar-refractivity contribution is -0.146. The van der Waals surface area contributed by atoms with Gasteiger partial charge in [-0.1, -0.05) is 15.3 Å². The molecular weight excluding hydrogens is 493 g/mol. The number of carbonyl (C=O) groups is 1. The van der Waals surface area contributed by atoms with Gasteiger partial charge in [-0.15, -0.1) is 0 Å². The number of benzene rings is 3. The summed E-state index contributed by atoms with van der Waals surface area (Å²) in [6.45, 7) is 0.760. The number of ether oxygens (including phenoxy) is 4. The SMILES string of the molecule is COc1cc(CC(O)C(=O)O)ccc1OCCCOc1ccc(Oc2ccc(C(F)(F)P)cc2)cc1. The Morgan fingerprint density at radius 1 is 0.917 bits per heavy atom. The maximum absolute atomic E-state index is 13.3. The molecule has 0 fully saturated rings. The van der Waals surface area contributed by atoms with E-state index >= 15 is 0 Å². The number of alkyl halides is 2. The largest absolute Gasteiger partial charge is 0.493 e. The zero-order valence-electron chi connectivity index (χ0n) is 19.5. The van der Waals surface area contributed by atoms with E-state index in [1.165, 1.54) is 40.6 Å². The predicted octanol–water partition coefficient (Wildman–Crippen LogP) is 5.25. The van der Waals surface area contributed by atoms with Crippen molar-refractivity contribution in [2.45, 2.75) is 24.6 Å². The van der Waals surface area contributed by atoms with E-state index in [1.54, 1.807) is 42.5 Å². The van der Waals surface area contributed by atoms with Crippen molar-refractivity contribution in [3.8, 4) is 28.7 Å². The van der Waals surface area contributed by atoms with Crippen molar-refractivity contribution in [2.24, 2.45) is 0 Å².